The Labute approximate surface area is 122 Å². The molecule has 0 amide bonds. The van der Waals surface area contributed by atoms with Crippen molar-refractivity contribution in [1.29, 1.82) is 0 Å². The SMILES string of the molecule is COc1ccc(-c2nc3cc(CCl)ccn3c2C)cc1. The molecule has 0 bridgehead atoms. The van der Waals surface area contributed by atoms with Crippen molar-refractivity contribution in [3.8, 4) is 17.0 Å². The first kappa shape index (κ1) is 13.0. The number of hydrogen-bond acceptors (Lipinski definition) is 2. The van der Waals surface area contributed by atoms with Crippen LogP contribution in [0.2, 0.25) is 0 Å². The summed E-state index contributed by atoms with van der Waals surface area (Å²) in [5, 5.41) is 0. The molecule has 0 atom stereocenters. The molecule has 102 valence electrons. The van der Waals surface area contributed by atoms with Crippen LogP contribution in [0.3, 0.4) is 0 Å². The third-order valence-electron chi connectivity index (χ3n) is 3.45. The van der Waals surface area contributed by atoms with Gasteiger partial charge in [0, 0.05) is 23.3 Å². The maximum Gasteiger partial charge on any atom is 0.137 e. The Morgan fingerprint density at radius 2 is 1.95 bits per heavy atom. The van der Waals surface area contributed by atoms with Gasteiger partial charge in [0.25, 0.3) is 0 Å². The number of methoxy groups -OCH3 is 1. The van der Waals surface area contributed by atoms with E-state index < -0.39 is 0 Å². The van der Waals surface area contributed by atoms with Gasteiger partial charge in [-0.25, -0.2) is 4.98 Å². The molecule has 3 rings (SSSR count). The van der Waals surface area contributed by atoms with Crippen molar-refractivity contribution in [2.45, 2.75) is 12.8 Å². The fourth-order valence-electron chi connectivity index (χ4n) is 2.31. The second kappa shape index (κ2) is 5.17. The Morgan fingerprint density at radius 3 is 2.60 bits per heavy atom. The van der Waals surface area contributed by atoms with Gasteiger partial charge < -0.3 is 9.14 Å². The number of imidazole rings is 1. The predicted octanol–water partition coefficient (Wildman–Crippen LogP) is 4.06. The molecule has 0 aliphatic carbocycles. The van der Waals surface area contributed by atoms with E-state index in [1.54, 1.807) is 7.11 Å². The minimum atomic E-state index is 0.500. The predicted molar refractivity (Wildman–Crippen MR) is 81.5 cm³/mol. The average molecular weight is 287 g/mol. The number of ether oxygens (including phenoxy) is 1. The third kappa shape index (κ3) is 2.14. The maximum atomic E-state index is 5.87. The van der Waals surface area contributed by atoms with Crippen molar-refractivity contribution < 1.29 is 4.74 Å². The van der Waals surface area contributed by atoms with Crippen LogP contribution in [-0.4, -0.2) is 16.5 Å². The van der Waals surface area contributed by atoms with Gasteiger partial charge >= 0.3 is 0 Å². The standard InChI is InChI=1S/C16H15ClN2O/c1-11-16(13-3-5-14(20-2)6-4-13)18-15-9-12(10-17)7-8-19(11)15/h3-9H,10H2,1-2H3. The summed E-state index contributed by atoms with van der Waals surface area (Å²) in [6.07, 6.45) is 2.02. The molecular formula is C16H15ClN2O. The number of pyridine rings is 1. The highest BCUT2D eigenvalue weighted by Crippen LogP contribution is 2.26. The molecule has 2 aromatic heterocycles. The first-order chi connectivity index (χ1) is 9.72. The molecular weight excluding hydrogens is 272 g/mol. The molecule has 0 fully saturated rings. The largest absolute Gasteiger partial charge is 0.497 e. The van der Waals surface area contributed by atoms with E-state index in [1.165, 1.54) is 0 Å². The molecule has 3 aromatic rings. The number of fused-ring (bicyclic) bond motifs is 1. The summed E-state index contributed by atoms with van der Waals surface area (Å²) in [5.41, 5.74) is 5.18. The minimum Gasteiger partial charge on any atom is -0.497 e. The fraction of sp³-hybridized carbons (Fsp3) is 0.188. The van der Waals surface area contributed by atoms with Gasteiger partial charge in [-0.2, -0.15) is 0 Å². The average Bonchev–Trinajstić information content (AvgIpc) is 2.84. The molecule has 0 unspecified atom stereocenters. The van der Waals surface area contributed by atoms with Gasteiger partial charge in [-0.15, -0.1) is 11.6 Å². The Bertz CT molecular complexity index is 747. The zero-order valence-electron chi connectivity index (χ0n) is 11.4. The van der Waals surface area contributed by atoms with Gasteiger partial charge in [0.15, 0.2) is 0 Å². The quantitative estimate of drug-likeness (QED) is 0.679. The summed E-state index contributed by atoms with van der Waals surface area (Å²) in [6.45, 7) is 2.07. The molecule has 0 N–H and O–H groups in total. The molecule has 0 radical (unpaired) electrons. The Balaban J connectivity index is 2.12. The Morgan fingerprint density at radius 1 is 1.20 bits per heavy atom. The zero-order valence-corrected chi connectivity index (χ0v) is 12.2. The Kier molecular flexibility index (Phi) is 3.36. The lowest BCUT2D eigenvalue weighted by Crippen LogP contribution is -1.89. The zero-order chi connectivity index (χ0) is 14.1. The van der Waals surface area contributed by atoms with Crippen LogP contribution in [0.5, 0.6) is 5.75 Å². The number of hydrogen-bond donors (Lipinski definition) is 0. The van der Waals surface area contributed by atoms with Gasteiger partial charge in [0.05, 0.1) is 12.8 Å². The summed E-state index contributed by atoms with van der Waals surface area (Å²) in [7, 11) is 1.67. The topological polar surface area (TPSA) is 26.5 Å². The summed E-state index contributed by atoms with van der Waals surface area (Å²) in [6, 6.07) is 12.0. The van der Waals surface area contributed by atoms with E-state index >= 15 is 0 Å². The monoisotopic (exact) mass is 286 g/mol. The van der Waals surface area contributed by atoms with E-state index in [-0.39, 0.29) is 0 Å². The highest BCUT2D eigenvalue weighted by Gasteiger charge is 2.10. The van der Waals surface area contributed by atoms with Gasteiger partial charge in [-0.1, -0.05) is 0 Å². The second-order valence-corrected chi connectivity index (χ2v) is 4.94. The lowest BCUT2D eigenvalue weighted by atomic mass is 10.1. The Hall–Kier alpha value is -2.00. The van der Waals surface area contributed by atoms with Crippen LogP contribution in [0.25, 0.3) is 16.9 Å². The van der Waals surface area contributed by atoms with Crippen molar-refractivity contribution in [2.75, 3.05) is 7.11 Å². The van der Waals surface area contributed by atoms with E-state index in [9.17, 15) is 0 Å². The highest BCUT2D eigenvalue weighted by atomic mass is 35.5. The second-order valence-electron chi connectivity index (χ2n) is 4.67. The van der Waals surface area contributed by atoms with Crippen LogP contribution in [0.15, 0.2) is 42.6 Å². The number of nitrogens with zero attached hydrogens (tertiary/aromatic N) is 2. The first-order valence-electron chi connectivity index (χ1n) is 6.41. The van der Waals surface area contributed by atoms with Crippen molar-refractivity contribution in [3.05, 3.63) is 53.9 Å². The third-order valence-corrected chi connectivity index (χ3v) is 3.76. The van der Waals surface area contributed by atoms with Crippen LogP contribution in [0, 0.1) is 6.92 Å². The van der Waals surface area contributed by atoms with E-state index in [0.717, 1.165) is 33.9 Å². The van der Waals surface area contributed by atoms with Gasteiger partial charge in [-0.3, -0.25) is 0 Å². The summed E-state index contributed by atoms with van der Waals surface area (Å²) < 4.78 is 7.26. The van der Waals surface area contributed by atoms with Gasteiger partial charge in [-0.05, 0) is 48.9 Å². The maximum absolute atomic E-state index is 5.87. The van der Waals surface area contributed by atoms with E-state index in [1.807, 2.05) is 42.6 Å². The molecule has 1 aromatic carbocycles. The lowest BCUT2D eigenvalue weighted by molar-refractivity contribution is 0.415. The van der Waals surface area contributed by atoms with Crippen LogP contribution in [0.4, 0.5) is 0 Å². The number of aryl methyl sites for hydroxylation is 1. The molecule has 2 heterocycles. The normalized spacial score (nSPS) is 10.9. The van der Waals surface area contributed by atoms with Crippen molar-refractivity contribution in [3.63, 3.8) is 0 Å². The number of alkyl halides is 1. The highest BCUT2D eigenvalue weighted by molar-refractivity contribution is 6.17. The summed E-state index contributed by atoms with van der Waals surface area (Å²) >= 11 is 5.87. The van der Waals surface area contributed by atoms with Crippen LogP contribution in [0.1, 0.15) is 11.3 Å². The molecule has 4 heteroatoms. The summed E-state index contributed by atoms with van der Waals surface area (Å²) in [5.74, 6) is 1.35. The minimum absolute atomic E-state index is 0.500. The molecule has 3 nitrogen and oxygen atoms in total. The smallest absolute Gasteiger partial charge is 0.137 e. The van der Waals surface area contributed by atoms with Crippen molar-refractivity contribution in [2.24, 2.45) is 0 Å². The lowest BCUT2D eigenvalue weighted by Gasteiger charge is -2.02. The molecule has 20 heavy (non-hydrogen) atoms. The van der Waals surface area contributed by atoms with E-state index in [2.05, 4.69) is 11.3 Å². The molecule has 0 spiro atoms. The molecule has 0 aliphatic heterocycles. The van der Waals surface area contributed by atoms with E-state index in [4.69, 9.17) is 21.3 Å². The van der Waals surface area contributed by atoms with Crippen LogP contribution in [-0.2, 0) is 5.88 Å². The molecule has 0 aliphatic rings. The van der Waals surface area contributed by atoms with Crippen LogP contribution >= 0.6 is 11.6 Å². The number of rotatable bonds is 3. The number of aromatic nitrogens is 2. The number of halogens is 1. The number of benzene rings is 1. The fourth-order valence-corrected chi connectivity index (χ4v) is 2.48. The van der Waals surface area contributed by atoms with E-state index in [0.29, 0.717) is 5.88 Å². The van der Waals surface area contributed by atoms with Gasteiger partial charge in [0.2, 0.25) is 0 Å². The van der Waals surface area contributed by atoms with Crippen LogP contribution < -0.4 is 4.74 Å². The molecule has 0 saturated carbocycles. The summed E-state index contributed by atoms with van der Waals surface area (Å²) in [4.78, 5) is 4.71. The van der Waals surface area contributed by atoms with Crippen molar-refractivity contribution in [1.82, 2.24) is 9.38 Å². The first-order valence-corrected chi connectivity index (χ1v) is 6.94. The van der Waals surface area contributed by atoms with Crippen molar-refractivity contribution >= 4 is 17.2 Å². The van der Waals surface area contributed by atoms with Gasteiger partial charge in [0.1, 0.15) is 11.4 Å². The molecule has 0 saturated heterocycles.